The van der Waals surface area contributed by atoms with E-state index in [1.54, 1.807) is 24.1 Å². The van der Waals surface area contributed by atoms with Gasteiger partial charge in [0, 0.05) is 38.6 Å². The van der Waals surface area contributed by atoms with Crippen molar-refractivity contribution in [3.05, 3.63) is 76.3 Å². The predicted molar refractivity (Wildman–Crippen MR) is 148 cm³/mol. The molecule has 1 amide bonds. The monoisotopic (exact) mass is 612 g/mol. The van der Waals surface area contributed by atoms with Crippen molar-refractivity contribution in [3.63, 3.8) is 0 Å². The van der Waals surface area contributed by atoms with Crippen LogP contribution in [-0.2, 0) is 32.3 Å². The van der Waals surface area contributed by atoms with Gasteiger partial charge in [-0.3, -0.25) is 9.69 Å². The number of carbonyl (C=O) groups excluding carboxylic acids is 1. The summed E-state index contributed by atoms with van der Waals surface area (Å²) in [5.41, 5.74) is 0.190. The van der Waals surface area contributed by atoms with E-state index in [4.69, 9.17) is 0 Å². The fraction of sp³-hybridized carbons (Fsp3) is 0.407. The average Bonchev–Trinajstić information content (AvgIpc) is 3.32. The number of carboxylic acids is 1. The van der Waals surface area contributed by atoms with Crippen LogP contribution in [0.5, 0.6) is 0 Å². The van der Waals surface area contributed by atoms with Gasteiger partial charge in [0.2, 0.25) is 15.9 Å². The van der Waals surface area contributed by atoms with Crippen LogP contribution in [-0.4, -0.2) is 77.7 Å². The maximum absolute atomic E-state index is 13.7. The zero-order chi connectivity index (χ0) is 30.1. The normalized spacial score (nSPS) is 20.8. The maximum atomic E-state index is 13.7. The van der Waals surface area contributed by atoms with Crippen LogP contribution < -0.4 is 5.32 Å². The van der Waals surface area contributed by atoms with Crippen LogP contribution in [0.4, 0.5) is 13.2 Å². The molecule has 0 radical (unpaired) electrons. The van der Waals surface area contributed by atoms with E-state index in [1.807, 2.05) is 18.7 Å². The first-order valence-corrected chi connectivity index (χ1v) is 15.2. The lowest BCUT2D eigenvalue weighted by Crippen LogP contribution is -2.62. The first-order chi connectivity index (χ1) is 19.2. The standard InChI is InChI=1S/C27H31F3N4O5S2/c1-17(2)19-6-10-21(11-7-19)41(38,39)34-13-12-33(26-32(3)23(16-40-26)25(36)37)15-22(34)24(35)31-14-18-4-8-20(9-5-18)27(28,29)30/h4-11,16-17,22,26H,12-15H2,1-3H3,(H,31,35)(H,36,37). The highest BCUT2D eigenvalue weighted by Gasteiger charge is 2.44. The van der Waals surface area contributed by atoms with Crippen molar-refractivity contribution in [1.82, 2.24) is 19.4 Å². The maximum Gasteiger partial charge on any atom is 0.416 e. The number of halogens is 3. The second-order valence-corrected chi connectivity index (χ2v) is 13.0. The van der Waals surface area contributed by atoms with E-state index in [1.165, 1.54) is 41.4 Å². The summed E-state index contributed by atoms with van der Waals surface area (Å²) in [6.07, 6.45) is -4.49. The van der Waals surface area contributed by atoms with Crippen LogP contribution in [0, 0.1) is 0 Å². The lowest BCUT2D eigenvalue weighted by Gasteiger charge is -2.43. The summed E-state index contributed by atoms with van der Waals surface area (Å²) in [5.74, 6) is -1.52. The minimum absolute atomic E-state index is 0.0229. The minimum Gasteiger partial charge on any atom is -0.477 e. The molecular weight excluding hydrogens is 581 g/mol. The molecule has 0 saturated carbocycles. The Bertz CT molecular complexity index is 1410. The Balaban J connectivity index is 1.57. The zero-order valence-electron chi connectivity index (χ0n) is 22.6. The fourth-order valence-electron chi connectivity index (χ4n) is 4.72. The predicted octanol–water partition coefficient (Wildman–Crippen LogP) is 3.71. The second-order valence-electron chi connectivity index (χ2n) is 10.1. The van der Waals surface area contributed by atoms with Crippen LogP contribution >= 0.6 is 11.8 Å². The van der Waals surface area contributed by atoms with E-state index in [2.05, 4.69) is 5.32 Å². The van der Waals surface area contributed by atoms with Gasteiger partial charge in [0.1, 0.15) is 17.2 Å². The van der Waals surface area contributed by atoms with Gasteiger partial charge in [-0.05, 0) is 41.3 Å². The number of hydrogen-bond acceptors (Lipinski definition) is 7. The number of likely N-dealkylation sites (N-methyl/N-ethyl adjacent to an activating group) is 1. The molecule has 2 heterocycles. The molecule has 0 bridgehead atoms. The van der Waals surface area contributed by atoms with Gasteiger partial charge in [0.05, 0.1) is 10.5 Å². The van der Waals surface area contributed by atoms with Gasteiger partial charge in [0.15, 0.2) is 0 Å². The molecule has 2 atom stereocenters. The molecule has 2 unspecified atom stereocenters. The summed E-state index contributed by atoms with van der Waals surface area (Å²) >= 11 is 1.25. The van der Waals surface area contributed by atoms with Gasteiger partial charge < -0.3 is 15.3 Å². The van der Waals surface area contributed by atoms with Gasteiger partial charge >= 0.3 is 12.1 Å². The number of thioether (sulfide) groups is 1. The van der Waals surface area contributed by atoms with Gasteiger partial charge in [0.25, 0.3) is 0 Å². The van der Waals surface area contributed by atoms with Crippen molar-refractivity contribution in [2.45, 2.75) is 48.9 Å². The van der Waals surface area contributed by atoms with E-state index in [-0.39, 0.29) is 42.7 Å². The summed E-state index contributed by atoms with van der Waals surface area (Å²) in [6.45, 7) is 4.07. The molecular formula is C27H31F3N4O5S2. The molecule has 1 saturated heterocycles. The van der Waals surface area contributed by atoms with Crippen LogP contribution in [0.2, 0.25) is 0 Å². The highest BCUT2D eigenvalue weighted by molar-refractivity contribution is 8.02. The van der Waals surface area contributed by atoms with Gasteiger partial charge in [-0.2, -0.15) is 17.5 Å². The summed E-state index contributed by atoms with van der Waals surface area (Å²) in [5, 5.41) is 13.6. The number of carbonyl (C=O) groups is 2. The molecule has 41 heavy (non-hydrogen) atoms. The Kier molecular flexibility index (Phi) is 9.07. The Morgan fingerprint density at radius 1 is 1.07 bits per heavy atom. The number of carboxylic acid groups (broad SMARTS) is 1. The topological polar surface area (TPSA) is 110 Å². The largest absolute Gasteiger partial charge is 0.477 e. The average molecular weight is 613 g/mol. The number of alkyl halides is 3. The van der Waals surface area contributed by atoms with Crippen molar-refractivity contribution >= 4 is 33.7 Å². The molecule has 9 nitrogen and oxygen atoms in total. The van der Waals surface area contributed by atoms with E-state index < -0.39 is 45.2 Å². The molecule has 222 valence electrons. The van der Waals surface area contributed by atoms with Gasteiger partial charge in [-0.15, -0.1) is 0 Å². The molecule has 4 rings (SSSR count). The summed E-state index contributed by atoms with van der Waals surface area (Å²) in [7, 11) is -2.48. The Labute approximate surface area is 241 Å². The van der Waals surface area contributed by atoms with Crippen molar-refractivity contribution in [2.75, 3.05) is 26.7 Å². The number of nitrogens with one attached hydrogen (secondary N) is 1. The number of hydrogen-bond donors (Lipinski definition) is 2. The third-order valence-electron chi connectivity index (χ3n) is 7.11. The third-order valence-corrected chi connectivity index (χ3v) is 10.3. The Morgan fingerprint density at radius 3 is 2.24 bits per heavy atom. The quantitative estimate of drug-likeness (QED) is 0.465. The molecule has 2 aliphatic heterocycles. The van der Waals surface area contributed by atoms with Crippen molar-refractivity contribution in [2.24, 2.45) is 0 Å². The van der Waals surface area contributed by atoms with Gasteiger partial charge in [-0.1, -0.05) is 49.9 Å². The molecule has 2 aliphatic rings. The van der Waals surface area contributed by atoms with Crippen LogP contribution in [0.15, 0.2) is 64.5 Å². The molecule has 0 aliphatic carbocycles. The SMILES string of the molecule is CC(C)c1ccc(S(=O)(=O)N2CCN(C3SC=C(C(=O)O)N3C)CC2C(=O)NCc2ccc(C(F)(F)F)cc2)cc1. The van der Waals surface area contributed by atoms with Crippen molar-refractivity contribution in [1.29, 1.82) is 0 Å². The number of benzene rings is 2. The highest BCUT2D eigenvalue weighted by Crippen LogP contribution is 2.34. The molecule has 0 spiro atoms. The lowest BCUT2D eigenvalue weighted by atomic mass is 10.0. The number of sulfonamides is 1. The zero-order valence-corrected chi connectivity index (χ0v) is 24.3. The number of nitrogens with zero attached hydrogens (tertiary/aromatic N) is 3. The third kappa shape index (κ3) is 6.71. The minimum atomic E-state index is -4.49. The van der Waals surface area contributed by atoms with Crippen molar-refractivity contribution in [3.8, 4) is 0 Å². The smallest absolute Gasteiger partial charge is 0.416 e. The van der Waals surface area contributed by atoms with Crippen molar-refractivity contribution < 1.29 is 36.3 Å². The number of rotatable bonds is 8. The first-order valence-electron chi connectivity index (χ1n) is 12.8. The van der Waals surface area contributed by atoms with Crippen LogP contribution in [0.1, 0.15) is 36.5 Å². The second kappa shape index (κ2) is 12.0. The number of piperazine rings is 1. The molecule has 2 aromatic carbocycles. The Morgan fingerprint density at radius 2 is 1.71 bits per heavy atom. The van der Waals surface area contributed by atoms with E-state index in [0.717, 1.165) is 22.0 Å². The summed E-state index contributed by atoms with van der Waals surface area (Å²) in [4.78, 5) is 28.5. The van der Waals surface area contributed by atoms with Crippen LogP contribution in [0.3, 0.4) is 0 Å². The molecule has 14 heteroatoms. The summed E-state index contributed by atoms with van der Waals surface area (Å²) < 4.78 is 67.4. The van der Waals surface area contributed by atoms with E-state index in [9.17, 15) is 36.3 Å². The number of aliphatic carboxylic acids is 1. The van der Waals surface area contributed by atoms with Gasteiger partial charge in [-0.25, -0.2) is 13.2 Å². The highest BCUT2D eigenvalue weighted by atomic mass is 32.2. The lowest BCUT2D eigenvalue weighted by molar-refractivity contribution is -0.137. The molecule has 0 aromatic heterocycles. The molecule has 2 N–H and O–H groups in total. The van der Waals surface area contributed by atoms with E-state index >= 15 is 0 Å². The summed E-state index contributed by atoms with van der Waals surface area (Å²) in [6, 6.07) is 9.66. The first kappa shape index (κ1) is 30.9. The molecule has 2 aromatic rings. The fourth-order valence-corrected chi connectivity index (χ4v) is 7.47. The van der Waals surface area contributed by atoms with E-state index in [0.29, 0.717) is 5.56 Å². The molecule has 1 fully saturated rings. The van der Waals surface area contributed by atoms with Crippen LogP contribution in [0.25, 0.3) is 0 Å². The number of amides is 1. The Hall–Kier alpha value is -3.07.